The molecule has 3 aromatic rings. The molecule has 0 saturated carbocycles. The van der Waals surface area contributed by atoms with E-state index in [9.17, 15) is 4.39 Å². The van der Waals surface area contributed by atoms with Gasteiger partial charge in [0.1, 0.15) is 5.82 Å². The van der Waals surface area contributed by atoms with E-state index in [-0.39, 0.29) is 5.82 Å². The van der Waals surface area contributed by atoms with Crippen LogP contribution in [-0.4, -0.2) is 0 Å². The lowest BCUT2D eigenvalue weighted by molar-refractivity contribution is 0.623. The van der Waals surface area contributed by atoms with Gasteiger partial charge in [-0.05, 0) is 46.7 Å². The van der Waals surface area contributed by atoms with Crippen molar-refractivity contribution in [1.29, 1.82) is 0 Å². The van der Waals surface area contributed by atoms with E-state index in [0.717, 1.165) is 15.4 Å². The summed E-state index contributed by atoms with van der Waals surface area (Å²) in [6.07, 6.45) is 0. The van der Waals surface area contributed by atoms with Crippen LogP contribution in [0.4, 0.5) is 4.39 Å². The molecule has 0 aliphatic heterocycles. The highest BCUT2D eigenvalue weighted by Gasteiger charge is 2.05. The van der Waals surface area contributed by atoms with E-state index in [1.807, 2.05) is 12.1 Å². The molecule has 3 heteroatoms. The van der Waals surface area contributed by atoms with Gasteiger partial charge >= 0.3 is 0 Å². The second kappa shape index (κ2) is 5.65. The van der Waals surface area contributed by atoms with Crippen molar-refractivity contribution in [2.45, 2.75) is 16.3 Å². The lowest BCUT2D eigenvalue weighted by atomic mass is 10.1. The third kappa shape index (κ3) is 2.69. The predicted molar refractivity (Wildman–Crippen MR) is 82.4 cm³/mol. The van der Waals surface area contributed by atoms with Gasteiger partial charge in [-0.3, -0.25) is 0 Å². The number of fused-ring (bicyclic) bond motifs is 1. The van der Waals surface area contributed by atoms with Gasteiger partial charge in [0, 0.05) is 16.3 Å². The Morgan fingerprint density at radius 3 is 2.50 bits per heavy atom. The largest absolute Gasteiger partial charge is 0.326 e. The third-order valence-corrected chi connectivity index (χ3v) is 4.30. The van der Waals surface area contributed by atoms with Gasteiger partial charge in [0.15, 0.2) is 0 Å². The maximum Gasteiger partial charge on any atom is 0.123 e. The highest BCUT2D eigenvalue weighted by Crippen LogP contribution is 2.32. The summed E-state index contributed by atoms with van der Waals surface area (Å²) < 4.78 is 13.2. The predicted octanol–water partition coefficient (Wildman–Crippen LogP) is 4.59. The molecule has 0 radical (unpaired) electrons. The highest BCUT2D eigenvalue weighted by atomic mass is 32.2. The summed E-state index contributed by atoms with van der Waals surface area (Å²) in [6, 6.07) is 19.3. The normalized spacial score (nSPS) is 10.9. The van der Waals surface area contributed by atoms with E-state index in [1.54, 1.807) is 17.8 Å². The fourth-order valence-electron chi connectivity index (χ4n) is 2.16. The maximum absolute atomic E-state index is 13.2. The fraction of sp³-hybridized carbons (Fsp3) is 0.0588. The van der Waals surface area contributed by atoms with Crippen LogP contribution in [0.5, 0.6) is 0 Å². The second-order valence-electron chi connectivity index (χ2n) is 4.57. The molecule has 0 aromatic heterocycles. The molecule has 20 heavy (non-hydrogen) atoms. The second-order valence-corrected chi connectivity index (χ2v) is 5.68. The van der Waals surface area contributed by atoms with Crippen molar-refractivity contribution in [3.05, 3.63) is 72.0 Å². The Hall–Kier alpha value is -1.84. The molecule has 0 spiro atoms. The van der Waals surface area contributed by atoms with Crippen LogP contribution in [0, 0.1) is 5.82 Å². The molecule has 3 aromatic carbocycles. The smallest absolute Gasteiger partial charge is 0.123 e. The Balaban J connectivity index is 1.96. The molecule has 100 valence electrons. The fourth-order valence-corrected chi connectivity index (χ4v) is 3.15. The van der Waals surface area contributed by atoms with Gasteiger partial charge in [-0.1, -0.05) is 42.1 Å². The topological polar surface area (TPSA) is 26.0 Å². The van der Waals surface area contributed by atoms with Crippen molar-refractivity contribution < 1.29 is 4.39 Å². The molecule has 0 atom stereocenters. The van der Waals surface area contributed by atoms with Crippen LogP contribution in [-0.2, 0) is 6.54 Å². The summed E-state index contributed by atoms with van der Waals surface area (Å²) in [5.41, 5.74) is 6.52. The molecule has 0 heterocycles. The standard InChI is InChI=1S/C17H14FNS/c18-15-6-8-17(14(9-15)11-19)20-16-7-5-12-3-1-2-4-13(12)10-16/h1-10H,11,19H2. The summed E-state index contributed by atoms with van der Waals surface area (Å²) in [5, 5.41) is 2.42. The van der Waals surface area contributed by atoms with E-state index < -0.39 is 0 Å². The molecule has 0 bridgehead atoms. The number of halogens is 1. The molecule has 0 aliphatic carbocycles. The van der Waals surface area contributed by atoms with Gasteiger partial charge in [-0.15, -0.1) is 0 Å². The molecule has 3 rings (SSSR count). The Morgan fingerprint density at radius 1 is 0.900 bits per heavy atom. The molecule has 0 amide bonds. The van der Waals surface area contributed by atoms with Gasteiger partial charge in [-0.25, -0.2) is 4.39 Å². The van der Waals surface area contributed by atoms with Crippen LogP contribution >= 0.6 is 11.8 Å². The van der Waals surface area contributed by atoms with Crippen LogP contribution in [0.2, 0.25) is 0 Å². The van der Waals surface area contributed by atoms with Gasteiger partial charge in [0.2, 0.25) is 0 Å². The van der Waals surface area contributed by atoms with E-state index in [2.05, 4.69) is 30.3 Å². The monoisotopic (exact) mass is 283 g/mol. The van der Waals surface area contributed by atoms with Crippen molar-refractivity contribution in [3.63, 3.8) is 0 Å². The Labute approximate surface area is 121 Å². The summed E-state index contributed by atoms with van der Waals surface area (Å²) in [6.45, 7) is 0.341. The van der Waals surface area contributed by atoms with Crippen LogP contribution in [0.1, 0.15) is 5.56 Å². The first-order valence-corrected chi connectivity index (χ1v) is 7.23. The van der Waals surface area contributed by atoms with Crippen molar-refractivity contribution in [2.75, 3.05) is 0 Å². The summed E-state index contributed by atoms with van der Waals surface area (Å²) in [5.74, 6) is -0.242. The summed E-state index contributed by atoms with van der Waals surface area (Å²) >= 11 is 1.62. The number of nitrogens with two attached hydrogens (primary N) is 1. The number of hydrogen-bond donors (Lipinski definition) is 1. The first-order valence-electron chi connectivity index (χ1n) is 6.41. The van der Waals surface area contributed by atoms with Crippen LogP contribution in [0.25, 0.3) is 10.8 Å². The first-order chi connectivity index (χ1) is 9.76. The van der Waals surface area contributed by atoms with Crippen molar-refractivity contribution in [3.8, 4) is 0 Å². The lowest BCUT2D eigenvalue weighted by Crippen LogP contribution is -1.98. The van der Waals surface area contributed by atoms with Gasteiger partial charge < -0.3 is 5.73 Å². The zero-order valence-electron chi connectivity index (χ0n) is 10.8. The number of hydrogen-bond acceptors (Lipinski definition) is 2. The molecule has 0 aliphatic rings. The quantitative estimate of drug-likeness (QED) is 0.761. The van der Waals surface area contributed by atoms with E-state index in [4.69, 9.17) is 5.73 Å². The molecule has 1 nitrogen and oxygen atoms in total. The van der Waals surface area contributed by atoms with Crippen molar-refractivity contribution in [1.82, 2.24) is 0 Å². The van der Waals surface area contributed by atoms with Gasteiger partial charge in [0.05, 0.1) is 0 Å². The molecule has 0 fully saturated rings. The van der Waals surface area contributed by atoms with E-state index in [1.165, 1.54) is 22.9 Å². The zero-order chi connectivity index (χ0) is 13.9. The molecular weight excluding hydrogens is 269 g/mol. The Bertz CT molecular complexity index is 755. The Morgan fingerprint density at radius 2 is 1.70 bits per heavy atom. The molecule has 0 saturated heterocycles. The third-order valence-electron chi connectivity index (χ3n) is 3.19. The Kier molecular flexibility index (Phi) is 3.72. The van der Waals surface area contributed by atoms with Crippen LogP contribution < -0.4 is 5.73 Å². The average Bonchev–Trinajstić information content (AvgIpc) is 2.49. The minimum atomic E-state index is -0.242. The summed E-state index contributed by atoms with van der Waals surface area (Å²) in [7, 11) is 0. The first kappa shape index (κ1) is 13.2. The lowest BCUT2D eigenvalue weighted by Gasteiger charge is -2.08. The van der Waals surface area contributed by atoms with Crippen molar-refractivity contribution >= 4 is 22.5 Å². The van der Waals surface area contributed by atoms with Crippen LogP contribution in [0.15, 0.2) is 70.5 Å². The van der Waals surface area contributed by atoms with Gasteiger partial charge in [-0.2, -0.15) is 0 Å². The molecule has 2 N–H and O–H groups in total. The van der Waals surface area contributed by atoms with Gasteiger partial charge in [0.25, 0.3) is 0 Å². The number of rotatable bonds is 3. The summed E-state index contributed by atoms with van der Waals surface area (Å²) in [4.78, 5) is 2.13. The van der Waals surface area contributed by atoms with Crippen LogP contribution in [0.3, 0.4) is 0 Å². The highest BCUT2D eigenvalue weighted by molar-refractivity contribution is 7.99. The molecular formula is C17H14FNS. The zero-order valence-corrected chi connectivity index (χ0v) is 11.7. The average molecular weight is 283 g/mol. The van der Waals surface area contributed by atoms with E-state index in [0.29, 0.717) is 6.54 Å². The molecule has 0 unspecified atom stereocenters. The number of benzene rings is 3. The van der Waals surface area contributed by atoms with E-state index >= 15 is 0 Å². The van der Waals surface area contributed by atoms with Crippen molar-refractivity contribution in [2.24, 2.45) is 5.73 Å². The maximum atomic E-state index is 13.2. The minimum Gasteiger partial charge on any atom is -0.326 e. The minimum absolute atomic E-state index is 0.242. The SMILES string of the molecule is NCc1cc(F)ccc1Sc1ccc2ccccc2c1.